The zero-order valence-electron chi connectivity index (χ0n) is 14.6. The van der Waals surface area contributed by atoms with Gasteiger partial charge < -0.3 is 0 Å². The van der Waals surface area contributed by atoms with Gasteiger partial charge in [0.1, 0.15) is 0 Å². The maximum absolute atomic E-state index is 2.32. The highest BCUT2D eigenvalue weighted by Gasteiger charge is 1.88. The van der Waals surface area contributed by atoms with Crippen molar-refractivity contribution >= 4 is 0 Å². The Kier molecular flexibility index (Phi) is 16.2. The summed E-state index contributed by atoms with van der Waals surface area (Å²) < 4.78 is 0. The lowest BCUT2D eigenvalue weighted by atomic mass is 10.1. The van der Waals surface area contributed by atoms with Crippen LogP contribution in [-0.4, -0.2) is 0 Å². The minimum Gasteiger partial charge on any atom is -0.0882 e. The second-order valence-corrected chi connectivity index (χ2v) is 6.06. The summed E-state index contributed by atoms with van der Waals surface area (Å²) >= 11 is 0. The fourth-order valence-electron chi connectivity index (χ4n) is 1.99. The molecular formula is C21H36. The zero-order chi connectivity index (χ0) is 15.6. The molecule has 0 fully saturated rings. The van der Waals surface area contributed by atoms with Crippen molar-refractivity contribution in [3.63, 3.8) is 0 Å². The second-order valence-electron chi connectivity index (χ2n) is 6.06. The van der Waals surface area contributed by atoms with Gasteiger partial charge in [-0.2, -0.15) is 0 Å². The molecule has 0 atom stereocenters. The monoisotopic (exact) mass is 288 g/mol. The van der Waals surface area contributed by atoms with Crippen LogP contribution >= 0.6 is 0 Å². The summed E-state index contributed by atoms with van der Waals surface area (Å²) in [7, 11) is 0. The van der Waals surface area contributed by atoms with Crippen LogP contribution < -0.4 is 0 Å². The summed E-state index contributed by atoms with van der Waals surface area (Å²) in [6.45, 7) is 6.81. The first-order chi connectivity index (χ1) is 10.3. The third kappa shape index (κ3) is 19.0. The Labute approximate surface area is 133 Å². The van der Waals surface area contributed by atoms with E-state index < -0.39 is 0 Å². The molecule has 0 saturated heterocycles. The zero-order valence-corrected chi connectivity index (χ0v) is 14.6. The summed E-state index contributed by atoms with van der Waals surface area (Å²) in [5.41, 5.74) is 0. The fraction of sp³-hybridized carbons (Fsp3) is 0.619. The van der Waals surface area contributed by atoms with Gasteiger partial charge in [-0.25, -0.2) is 0 Å². The predicted molar refractivity (Wildman–Crippen MR) is 98.6 cm³/mol. The second kappa shape index (κ2) is 17.0. The summed E-state index contributed by atoms with van der Waals surface area (Å²) in [5.74, 6) is 0.816. The Morgan fingerprint density at radius 2 is 1.10 bits per heavy atom. The highest BCUT2D eigenvalue weighted by atomic mass is 13.9. The predicted octanol–water partition coefficient (Wildman–Crippen LogP) is 7.40. The maximum Gasteiger partial charge on any atom is -0.0169 e. The van der Waals surface area contributed by atoms with Crippen molar-refractivity contribution in [2.75, 3.05) is 0 Å². The highest BCUT2D eigenvalue weighted by molar-refractivity contribution is 4.99. The van der Waals surface area contributed by atoms with Gasteiger partial charge in [0, 0.05) is 0 Å². The summed E-state index contributed by atoms with van der Waals surface area (Å²) in [4.78, 5) is 0. The Morgan fingerprint density at radius 1 is 0.619 bits per heavy atom. The van der Waals surface area contributed by atoms with Gasteiger partial charge >= 0.3 is 0 Å². The SMILES string of the molecule is CCCCCC=CCC=CCC=CCC=CCCC(C)C. The Bertz CT molecular complexity index is 302. The van der Waals surface area contributed by atoms with E-state index >= 15 is 0 Å². The first-order valence-corrected chi connectivity index (χ1v) is 8.87. The lowest BCUT2D eigenvalue weighted by molar-refractivity contribution is 0.594. The van der Waals surface area contributed by atoms with E-state index in [0.717, 1.165) is 25.2 Å². The van der Waals surface area contributed by atoms with Gasteiger partial charge in [-0.15, -0.1) is 0 Å². The Hall–Kier alpha value is -1.04. The van der Waals surface area contributed by atoms with Crippen molar-refractivity contribution in [2.24, 2.45) is 5.92 Å². The van der Waals surface area contributed by atoms with Crippen LogP contribution in [0.15, 0.2) is 48.6 Å². The molecule has 0 aliphatic heterocycles. The largest absolute Gasteiger partial charge is 0.0882 e. The van der Waals surface area contributed by atoms with Crippen molar-refractivity contribution in [3.8, 4) is 0 Å². The summed E-state index contributed by atoms with van der Waals surface area (Å²) in [6.07, 6.45) is 29.2. The topological polar surface area (TPSA) is 0 Å². The molecule has 0 amide bonds. The molecule has 0 aromatic carbocycles. The molecule has 0 aromatic rings. The van der Waals surface area contributed by atoms with Crippen molar-refractivity contribution < 1.29 is 0 Å². The average molecular weight is 289 g/mol. The highest BCUT2D eigenvalue weighted by Crippen LogP contribution is 2.04. The van der Waals surface area contributed by atoms with Crippen molar-refractivity contribution in [1.29, 1.82) is 0 Å². The molecule has 0 heterocycles. The van der Waals surface area contributed by atoms with Gasteiger partial charge in [-0.1, -0.05) is 82.2 Å². The smallest absolute Gasteiger partial charge is 0.0169 e. The van der Waals surface area contributed by atoms with Crippen LogP contribution in [0.2, 0.25) is 0 Å². The van der Waals surface area contributed by atoms with Crippen LogP contribution in [0.25, 0.3) is 0 Å². The summed E-state index contributed by atoms with van der Waals surface area (Å²) in [5, 5.41) is 0. The van der Waals surface area contributed by atoms with Gasteiger partial charge in [0.15, 0.2) is 0 Å². The molecule has 0 rings (SSSR count). The molecule has 21 heavy (non-hydrogen) atoms. The van der Waals surface area contributed by atoms with Gasteiger partial charge in [0.05, 0.1) is 0 Å². The normalized spacial score (nSPS) is 13.0. The molecule has 0 bridgehead atoms. The molecule has 0 N–H and O–H groups in total. The number of unbranched alkanes of at least 4 members (excludes halogenated alkanes) is 3. The van der Waals surface area contributed by atoms with Crippen molar-refractivity contribution in [1.82, 2.24) is 0 Å². The third-order valence-corrected chi connectivity index (χ3v) is 3.37. The molecule has 0 heteroatoms. The van der Waals surface area contributed by atoms with Crippen LogP contribution in [0.3, 0.4) is 0 Å². The number of hydrogen-bond acceptors (Lipinski definition) is 0. The number of allylic oxidation sites excluding steroid dienone is 8. The average Bonchev–Trinajstić information content (AvgIpc) is 2.46. The van der Waals surface area contributed by atoms with E-state index in [1.54, 1.807) is 0 Å². The fourth-order valence-corrected chi connectivity index (χ4v) is 1.99. The number of hydrogen-bond donors (Lipinski definition) is 0. The van der Waals surface area contributed by atoms with E-state index in [-0.39, 0.29) is 0 Å². The standard InChI is InChI=1S/C21H36/c1-4-5-6-7-8-9-10-11-12-13-14-15-16-17-18-19-20-21(2)3/h8-9,11-12,14-15,17-18,21H,4-7,10,13,16,19-20H2,1-3H3. The van der Waals surface area contributed by atoms with Crippen LogP contribution in [0.1, 0.15) is 78.6 Å². The van der Waals surface area contributed by atoms with Crippen LogP contribution in [0.5, 0.6) is 0 Å². The van der Waals surface area contributed by atoms with Gasteiger partial charge in [-0.05, 0) is 50.9 Å². The van der Waals surface area contributed by atoms with E-state index in [0.29, 0.717) is 0 Å². The first-order valence-electron chi connectivity index (χ1n) is 8.87. The van der Waals surface area contributed by atoms with Crippen LogP contribution in [0.4, 0.5) is 0 Å². The Balaban J connectivity index is 3.39. The van der Waals surface area contributed by atoms with E-state index in [2.05, 4.69) is 69.4 Å². The molecule has 0 unspecified atom stereocenters. The lowest BCUT2D eigenvalue weighted by Crippen LogP contribution is -1.83. The molecule has 0 radical (unpaired) electrons. The van der Waals surface area contributed by atoms with E-state index in [1.807, 2.05) is 0 Å². The molecular weight excluding hydrogens is 252 g/mol. The quantitative estimate of drug-likeness (QED) is 0.245. The molecule has 0 aliphatic carbocycles. The van der Waals surface area contributed by atoms with Crippen LogP contribution in [0, 0.1) is 5.92 Å². The van der Waals surface area contributed by atoms with E-state index in [4.69, 9.17) is 0 Å². The maximum atomic E-state index is 2.32. The Morgan fingerprint density at radius 3 is 1.57 bits per heavy atom. The lowest BCUT2D eigenvalue weighted by Gasteiger charge is -1.98. The molecule has 0 aliphatic rings. The van der Waals surface area contributed by atoms with Gasteiger partial charge in [0.2, 0.25) is 0 Å². The molecule has 0 nitrogen and oxygen atoms in total. The van der Waals surface area contributed by atoms with Crippen molar-refractivity contribution in [3.05, 3.63) is 48.6 Å². The van der Waals surface area contributed by atoms with E-state index in [1.165, 1.54) is 38.5 Å². The third-order valence-electron chi connectivity index (χ3n) is 3.37. The van der Waals surface area contributed by atoms with E-state index in [9.17, 15) is 0 Å². The summed E-state index contributed by atoms with van der Waals surface area (Å²) in [6, 6.07) is 0. The van der Waals surface area contributed by atoms with Crippen molar-refractivity contribution in [2.45, 2.75) is 78.6 Å². The molecule has 120 valence electrons. The minimum atomic E-state index is 0.816. The molecule has 0 saturated carbocycles. The van der Waals surface area contributed by atoms with Crippen LogP contribution in [-0.2, 0) is 0 Å². The molecule has 0 aromatic heterocycles. The minimum absolute atomic E-state index is 0.816. The first kappa shape index (κ1) is 20.0. The van der Waals surface area contributed by atoms with Gasteiger partial charge in [-0.3, -0.25) is 0 Å². The van der Waals surface area contributed by atoms with Gasteiger partial charge in [0.25, 0.3) is 0 Å². The number of rotatable bonds is 13. The molecule has 0 spiro atoms.